The molecule has 1 aliphatic heterocycles. The molecule has 0 fully saturated rings. The molecule has 12 heteroatoms. The number of hydrogen-bond donors (Lipinski definition) is 3. The second-order valence-electron chi connectivity index (χ2n) is 9.84. The summed E-state index contributed by atoms with van der Waals surface area (Å²) in [6, 6.07) is 12.4. The Morgan fingerprint density at radius 1 is 1.24 bits per heavy atom. The van der Waals surface area contributed by atoms with Crippen molar-refractivity contribution in [3.63, 3.8) is 0 Å². The third-order valence-corrected chi connectivity index (χ3v) is 8.82. The molecule has 1 heterocycles. The second kappa shape index (κ2) is 13.2. The van der Waals surface area contributed by atoms with Gasteiger partial charge in [-0.3, -0.25) is 9.79 Å². The van der Waals surface area contributed by atoms with Crippen LogP contribution in [-0.4, -0.2) is 65.5 Å². The minimum absolute atomic E-state index is 0. The van der Waals surface area contributed by atoms with Gasteiger partial charge in [0.2, 0.25) is 11.9 Å². The molecule has 1 aliphatic rings. The lowest BCUT2D eigenvalue weighted by Gasteiger charge is -2.29. The van der Waals surface area contributed by atoms with Gasteiger partial charge < -0.3 is 15.5 Å². The molecule has 0 radical (unpaired) electrons. The Hall–Kier alpha value is -1.98. The molecule has 204 valence electrons. The van der Waals surface area contributed by atoms with E-state index in [4.69, 9.17) is 11.6 Å². The van der Waals surface area contributed by atoms with Crippen LogP contribution in [0.5, 0.6) is 0 Å². The zero-order chi connectivity index (χ0) is 26.5. The molecular formula is C25H35Cl2N5O3S2. The number of aliphatic imine (C=N–C) groups is 1. The highest BCUT2D eigenvalue weighted by Gasteiger charge is 2.29. The van der Waals surface area contributed by atoms with Gasteiger partial charge in [0.15, 0.2) is 0 Å². The van der Waals surface area contributed by atoms with Crippen molar-refractivity contribution >= 4 is 57.7 Å². The topological polar surface area (TPSA) is 103 Å². The summed E-state index contributed by atoms with van der Waals surface area (Å²) in [7, 11) is -0.148. The second-order valence-corrected chi connectivity index (χ2v) is 13.0. The Kier molecular flexibility index (Phi) is 11.1. The molecule has 37 heavy (non-hydrogen) atoms. The third-order valence-electron chi connectivity index (χ3n) is 5.59. The first-order valence-electron chi connectivity index (χ1n) is 11.6. The molecule has 2 aromatic rings. The molecule has 3 rings (SSSR count). The number of amides is 1. The average Bonchev–Trinajstić information content (AvgIpc) is 2.81. The predicted molar refractivity (Wildman–Crippen MR) is 154 cm³/mol. The molecule has 0 saturated heterocycles. The van der Waals surface area contributed by atoms with Crippen LogP contribution in [0.25, 0.3) is 0 Å². The van der Waals surface area contributed by atoms with Crippen LogP contribution in [0.15, 0.2) is 57.2 Å². The van der Waals surface area contributed by atoms with E-state index in [-0.39, 0.29) is 34.6 Å². The summed E-state index contributed by atoms with van der Waals surface area (Å²) in [4.78, 5) is 20.0. The number of carbonyl (C=O) groups is 1. The van der Waals surface area contributed by atoms with E-state index in [1.54, 1.807) is 13.0 Å². The molecule has 8 nitrogen and oxygen atoms in total. The summed E-state index contributed by atoms with van der Waals surface area (Å²) in [5, 5.41) is 5.77. The Bertz CT molecular complexity index is 1220. The van der Waals surface area contributed by atoms with E-state index in [2.05, 4.69) is 34.2 Å². The van der Waals surface area contributed by atoms with Crippen molar-refractivity contribution in [1.29, 1.82) is 0 Å². The first-order chi connectivity index (χ1) is 16.9. The van der Waals surface area contributed by atoms with E-state index < -0.39 is 15.3 Å². The SMILES string of the molecule is Cc1cc(S(=O)(=O)NC2=NCC(C)(C)CN2)c(SC(C(=O)NCCN(C)C)c2ccccc2)cc1Cl.Cl. The number of nitrogens with one attached hydrogen (secondary N) is 3. The number of nitrogens with zero attached hydrogens (tertiary/aromatic N) is 2. The molecule has 0 bridgehead atoms. The highest BCUT2D eigenvalue weighted by molar-refractivity contribution is 8.01. The van der Waals surface area contributed by atoms with Crippen LogP contribution >= 0.6 is 35.8 Å². The standard InChI is InChI=1S/C25H34ClN5O3S2.ClH/c1-17-13-21(36(33,34)30-24-28-15-25(2,3)16-29-24)20(14-19(17)26)35-22(18-9-7-6-8-10-18)23(32)27-11-12-31(4)5;/h6-10,13-14,22H,11-12,15-16H2,1-5H3,(H,27,32)(H2,28,29,30);1H. The Morgan fingerprint density at radius 2 is 1.92 bits per heavy atom. The normalized spacial score (nSPS) is 15.7. The molecule has 1 unspecified atom stereocenters. The summed E-state index contributed by atoms with van der Waals surface area (Å²) in [6.45, 7) is 8.11. The van der Waals surface area contributed by atoms with E-state index in [0.717, 1.165) is 17.3 Å². The number of guanidine groups is 1. The van der Waals surface area contributed by atoms with Crippen LogP contribution in [-0.2, 0) is 14.8 Å². The van der Waals surface area contributed by atoms with Crippen LogP contribution < -0.4 is 15.4 Å². The fourth-order valence-electron chi connectivity index (χ4n) is 3.44. The van der Waals surface area contributed by atoms with Crippen molar-refractivity contribution in [2.45, 2.75) is 35.8 Å². The minimum atomic E-state index is -4.01. The van der Waals surface area contributed by atoms with Gasteiger partial charge in [0.1, 0.15) is 10.1 Å². The quantitative estimate of drug-likeness (QED) is 0.385. The molecule has 1 amide bonds. The highest BCUT2D eigenvalue weighted by Crippen LogP contribution is 2.40. The number of benzene rings is 2. The van der Waals surface area contributed by atoms with Crippen molar-refractivity contribution in [1.82, 2.24) is 20.3 Å². The largest absolute Gasteiger partial charge is 0.355 e. The van der Waals surface area contributed by atoms with Gasteiger partial charge in [0, 0.05) is 41.5 Å². The van der Waals surface area contributed by atoms with Gasteiger partial charge in [-0.15, -0.1) is 24.2 Å². The molecule has 0 aromatic heterocycles. The number of halogens is 2. The van der Waals surface area contributed by atoms with Crippen molar-refractivity contribution in [2.75, 3.05) is 40.3 Å². The minimum Gasteiger partial charge on any atom is -0.355 e. The first kappa shape index (κ1) is 31.2. The first-order valence-corrected chi connectivity index (χ1v) is 14.4. The van der Waals surface area contributed by atoms with Crippen molar-refractivity contribution in [2.24, 2.45) is 10.4 Å². The summed E-state index contributed by atoms with van der Waals surface area (Å²) in [5.74, 6) is 0.000485. The van der Waals surface area contributed by atoms with Crippen LogP contribution in [0, 0.1) is 12.3 Å². The summed E-state index contributed by atoms with van der Waals surface area (Å²) >= 11 is 7.57. The van der Waals surface area contributed by atoms with E-state index in [0.29, 0.717) is 41.7 Å². The fourth-order valence-corrected chi connectivity index (χ4v) is 6.40. The molecule has 1 atom stereocenters. The van der Waals surface area contributed by atoms with Crippen LogP contribution in [0.3, 0.4) is 0 Å². The number of likely N-dealkylation sites (N-methyl/N-ethyl adjacent to an activating group) is 1. The predicted octanol–water partition coefficient (Wildman–Crippen LogP) is 3.85. The molecule has 0 saturated carbocycles. The number of thioether (sulfide) groups is 1. The van der Waals surface area contributed by atoms with Gasteiger partial charge in [-0.1, -0.05) is 55.8 Å². The monoisotopic (exact) mass is 587 g/mol. The molecule has 0 spiro atoms. The molecule has 0 aliphatic carbocycles. The summed E-state index contributed by atoms with van der Waals surface area (Å²) in [6.07, 6.45) is 0. The van der Waals surface area contributed by atoms with Gasteiger partial charge in [0.05, 0.1) is 0 Å². The fraction of sp³-hybridized carbons (Fsp3) is 0.440. The number of carbonyl (C=O) groups excluding carboxylic acids is 1. The van der Waals surface area contributed by atoms with Gasteiger partial charge in [-0.05, 0) is 44.3 Å². The van der Waals surface area contributed by atoms with Crippen LogP contribution in [0.2, 0.25) is 5.02 Å². The Labute approximate surface area is 235 Å². The summed E-state index contributed by atoms with van der Waals surface area (Å²) < 4.78 is 29.5. The van der Waals surface area contributed by atoms with E-state index in [9.17, 15) is 13.2 Å². The van der Waals surface area contributed by atoms with E-state index >= 15 is 0 Å². The summed E-state index contributed by atoms with van der Waals surface area (Å²) in [5.41, 5.74) is 1.32. The molecule has 2 aromatic carbocycles. The lowest BCUT2D eigenvalue weighted by Crippen LogP contribution is -2.49. The Morgan fingerprint density at radius 3 is 2.51 bits per heavy atom. The zero-order valence-electron chi connectivity index (χ0n) is 21.7. The van der Waals surface area contributed by atoms with E-state index in [1.165, 1.54) is 6.07 Å². The number of rotatable bonds is 9. The smallest absolute Gasteiger partial charge is 0.265 e. The maximum Gasteiger partial charge on any atom is 0.265 e. The van der Waals surface area contributed by atoms with Gasteiger partial charge in [-0.2, -0.15) is 0 Å². The van der Waals surface area contributed by atoms with Crippen molar-refractivity contribution in [3.05, 3.63) is 58.6 Å². The average molecular weight is 589 g/mol. The molecular weight excluding hydrogens is 553 g/mol. The highest BCUT2D eigenvalue weighted by atomic mass is 35.5. The zero-order valence-corrected chi connectivity index (χ0v) is 24.9. The lowest BCUT2D eigenvalue weighted by molar-refractivity contribution is -0.120. The molecule has 3 N–H and O–H groups in total. The van der Waals surface area contributed by atoms with E-state index in [1.807, 2.05) is 49.3 Å². The maximum atomic E-state index is 13.5. The van der Waals surface area contributed by atoms with Crippen molar-refractivity contribution in [3.8, 4) is 0 Å². The van der Waals surface area contributed by atoms with Crippen LogP contribution in [0.1, 0.15) is 30.2 Å². The number of hydrogen-bond acceptors (Lipinski definition) is 7. The lowest BCUT2D eigenvalue weighted by atomic mass is 9.93. The van der Waals surface area contributed by atoms with Crippen LogP contribution in [0.4, 0.5) is 0 Å². The number of aryl methyl sites for hydroxylation is 1. The maximum absolute atomic E-state index is 13.5. The Balaban J connectivity index is 0.00000481. The van der Waals surface area contributed by atoms with Crippen molar-refractivity contribution < 1.29 is 13.2 Å². The van der Waals surface area contributed by atoms with Gasteiger partial charge in [-0.25, -0.2) is 13.1 Å². The van der Waals surface area contributed by atoms with Gasteiger partial charge in [0.25, 0.3) is 10.0 Å². The van der Waals surface area contributed by atoms with Gasteiger partial charge >= 0.3 is 0 Å². The third kappa shape index (κ3) is 8.78. The number of sulfonamides is 1.